The van der Waals surface area contributed by atoms with Gasteiger partial charge in [0, 0.05) is 64.3 Å². The van der Waals surface area contributed by atoms with Crippen LogP contribution in [-0.4, -0.2) is 28.2 Å². The van der Waals surface area contributed by atoms with Crippen LogP contribution < -0.4 is 14.7 Å². The second-order valence-corrected chi connectivity index (χ2v) is 11.1. The van der Waals surface area contributed by atoms with Crippen molar-refractivity contribution in [2.75, 3.05) is 42.9 Å². The zero-order chi connectivity index (χ0) is 27.6. The Morgan fingerprint density at radius 3 is 1.32 bits per heavy atom. The molecule has 0 aromatic heterocycles. The van der Waals surface area contributed by atoms with E-state index in [1.54, 1.807) is 0 Å². The van der Waals surface area contributed by atoms with Crippen LogP contribution in [0.2, 0.25) is 0 Å². The monoisotopic (exact) mass is 523 g/mol. The molecule has 0 bridgehead atoms. The number of fused-ring (bicyclic) bond motifs is 3. The Bertz CT molecular complexity index is 1490. The van der Waals surface area contributed by atoms with Crippen LogP contribution in [-0.2, 0) is 13.1 Å². The van der Waals surface area contributed by atoms with Crippen LogP contribution in [0.3, 0.4) is 0 Å². The molecule has 1 aliphatic carbocycles. The van der Waals surface area contributed by atoms with E-state index in [2.05, 4.69) is 164 Å². The number of benzene rings is 5. The molecule has 3 heteroatoms. The fourth-order valence-electron chi connectivity index (χ4n) is 5.92. The van der Waals surface area contributed by atoms with Gasteiger partial charge in [-0.3, -0.25) is 0 Å². The lowest BCUT2D eigenvalue weighted by molar-refractivity contribution is 0.921. The van der Waals surface area contributed by atoms with Gasteiger partial charge in [-0.15, -0.1) is 0 Å². The van der Waals surface area contributed by atoms with Gasteiger partial charge in [-0.25, -0.2) is 0 Å². The number of nitrogens with zero attached hydrogens (tertiary/aromatic N) is 3. The summed E-state index contributed by atoms with van der Waals surface area (Å²) in [4.78, 5) is 6.85. The molecule has 0 amide bonds. The maximum atomic E-state index is 2.40. The molecule has 0 saturated heterocycles. The van der Waals surface area contributed by atoms with Gasteiger partial charge in [0.2, 0.25) is 0 Å². The molecule has 0 spiro atoms. The molecule has 5 aromatic rings. The van der Waals surface area contributed by atoms with Crippen LogP contribution in [0.1, 0.15) is 33.7 Å². The van der Waals surface area contributed by atoms with E-state index >= 15 is 0 Å². The summed E-state index contributed by atoms with van der Waals surface area (Å²) in [7, 11) is 8.56. The van der Waals surface area contributed by atoms with Crippen LogP contribution >= 0.6 is 0 Å². The van der Waals surface area contributed by atoms with Gasteiger partial charge < -0.3 is 14.7 Å². The van der Waals surface area contributed by atoms with Gasteiger partial charge in [0.15, 0.2) is 0 Å². The molecule has 0 radical (unpaired) electrons. The van der Waals surface area contributed by atoms with Crippen molar-refractivity contribution in [1.82, 2.24) is 0 Å². The first-order valence-corrected chi connectivity index (χ1v) is 14.0. The molecule has 0 aliphatic heterocycles. The van der Waals surface area contributed by atoms with Crippen molar-refractivity contribution in [3.05, 3.63) is 149 Å². The largest absolute Gasteiger partial charge is 0.378 e. The standard InChI is InChI=1S/C37H37N3/c1-38(2)30-17-15-29(16-18-30)37-33-21-19-31(39(3)25-27-11-7-5-8-12-27)23-35(33)36-24-32(20-22-34(36)37)40(4)26-28-13-9-6-10-14-28/h5-24,37H,25-26H2,1-4H3. The predicted molar refractivity (Wildman–Crippen MR) is 171 cm³/mol. The van der Waals surface area contributed by atoms with E-state index in [0.29, 0.717) is 0 Å². The summed E-state index contributed by atoms with van der Waals surface area (Å²) in [5, 5.41) is 0. The lowest BCUT2D eigenvalue weighted by atomic mass is 9.89. The van der Waals surface area contributed by atoms with Crippen molar-refractivity contribution in [3.8, 4) is 11.1 Å². The molecule has 1 aliphatic rings. The maximum absolute atomic E-state index is 2.40. The molecule has 0 N–H and O–H groups in total. The molecule has 5 aromatic carbocycles. The molecule has 0 unspecified atom stereocenters. The molecule has 200 valence electrons. The van der Waals surface area contributed by atoms with Gasteiger partial charge in [-0.2, -0.15) is 0 Å². The summed E-state index contributed by atoms with van der Waals surface area (Å²) in [6.07, 6.45) is 0. The topological polar surface area (TPSA) is 9.72 Å². The highest BCUT2D eigenvalue weighted by atomic mass is 15.1. The maximum Gasteiger partial charge on any atom is 0.0426 e. The van der Waals surface area contributed by atoms with Gasteiger partial charge in [-0.1, -0.05) is 84.9 Å². The molecular formula is C37H37N3. The number of anilines is 3. The van der Waals surface area contributed by atoms with Crippen LogP contribution in [0.4, 0.5) is 17.1 Å². The lowest BCUT2D eigenvalue weighted by Crippen LogP contribution is -2.16. The Hall–Kier alpha value is -4.50. The summed E-state index contributed by atoms with van der Waals surface area (Å²) in [6.45, 7) is 1.75. The van der Waals surface area contributed by atoms with Crippen molar-refractivity contribution in [3.63, 3.8) is 0 Å². The zero-order valence-electron chi connectivity index (χ0n) is 23.9. The Morgan fingerprint density at radius 1 is 0.475 bits per heavy atom. The van der Waals surface area contributed by atoms with Crippen LogP contribution in [0.5, 0.6) is 0 Å². The van der Waals surface area contributed by atoms with E-state index in [0.717, 1.165) is 13.1 Å². The normalized spacial score (nSPS) is 12.1. The van der Waals surface area contributed by atoms with E-state index in [4.69, 9.17) is 0 Å². The number of rotatable bonds is 8. The minimum absolute atomic E-state index is 0.225. The fraction of sp³-hybridized carbons (Fsp3) is 0.189. The first-order chi connectivity index (χ1) is 19.5. The smallest absolute Gasteiger partial charge is 0.0426 e. The Balaban J connectivity index is 1.40. The first-order valence-electron chi connectivity index (χ1n) is 14.0. The highest BCUT2D eigenvalue weighted by molar-refractivity contribution is 5.85. The predicted octanol–water partition coefficient (Wildman–Crippen LogP) is 8.19. The minimum atomic E-state index is 0.225. The van der Waals surface area contributed by atoms with E-state index < -0.39 is 0 Å². The van der Waals surface area contributed by atoms with Crippen LogP contribution in [0.15, 0.2) is 121 Å². The molecule has 3 nitrogen and oxygen atoms in total. The number of hydrogen-bond donors (Lipinski definition) is 0. The van der Waals surface area contributed by atoms with Crippen molar-refractivity contribution >= 4 is 17.1 Å². The summed E-state index contributed by atoms with van der Waals surface area (Å²) in [5.74, 6) is 0.225. The van der Waals surface area contributed by atoms with Crippen molar-refractivity contribution in [1.29, 1.82) is 0 Å². The third-order valence-electron chi connectivity index (χ3n) is 8.14. The van der Waals surface area contributed by atoms with Crippen LogP contribution in [0, 0.1) is 0 Å². The lowest BCUT2D eigenvalue weighted by Gasteiger charge is -2.21. The van der Waals surface area contributed by atoms with Gasteiger partial charge in [0.1, 0.15) is 0 Å². The Morgan fingerprint density at radius 2 is 0.900 bits per heavy atom. The second kappa shape index (κ2) is 10.9. The zero-order valence-corrected chi connectivity index (χ0v) is 23.9. The summed E-state index contributed by atoms with van der Waals surface area (Å²) >= 11 is 0. The summed E-state index contributed by atoms with van der Waals surface area (Å²) in [5.41, 5.74) is 13.1. The molecular weight excluding hydrogens is 486 g/mol. The van der Waals surface area contributed by atoms with E-state index in [-0.39, 0.29) is 5.92 Å². The average Bonchev–Trinajstić information content (AvgIpc) is 3.31. The highest BCUT2D eigenvalue weighted by Crippen LogP contribution is 2.50. The van der Waals surface area contributed by atoms with E-state index in [1.165, 1.54) is 56.0 Å². The molecule has 40 heavy (non-hydrogen) atoms. The molecule has 0 saturated carbocycles. The van der Waals surface area contributed by atoms with E-state index in [1.807, 2.05) is 0 Å². The fourth-order valence-corrected chi connectivity index (χ4v) is 5.92. The van der Waals surface area contributed by atoms with Crippen LogP contribution in [0.25, 0.3) is 11.1 Å². The molecule has 0 heterocycles. The van der Waals surface area contributed by atoms with Gasteiger partial charge in [0.25, 0.3) is 0 Å². The third-order valence-corrected chi connectivity index (χ3v) is 8.14. The van der Waals surface area contributed by atoms with Gasteiger partial charge in [-0.05, 0) is 75.3 Å². The first kappa shape index (κ1) is 25.8. The summed E-state index contributed by atoms with van der Waals surface area (Å²) in [6, 6.07) is 44.5. The highest BCUT2D eigenvalue weighted by Gasteiger charge is 2.31. The third kappa shape index (κ3) is 5.08. The summed E-state index contributed by atoms with van der Waals surface area (Å²) < 4.78 is 0. The quantitative estimate of drug-likeness (QED) is 0.199. The molecule has 6 rings (SSSR count). The van der Waals surface area contributed by atoms with Gasteiger partial charge in [0.05, 0.1) is 0 Å². The Labute approximate surface area is 238 Å². The Kier molecular flexibility index (Phi) is 7.04. The molecule has 0 fully saturated rings. The minimum Gasteiger partial charge on any atom is -0.378 e. The van der Waals surface area contributed by atoms with Crippen molar-refractivity contribution in [2.24, 2.45) is 0 Å². The van der Waals surface area contributed by atoms with Crippen molar-refractivity contribution < 1.29 is 0 Å². The SMILES string of the molecule is CN(C)c1ccc(C2c3ccc(N(C)Cc4ccccc4)cc3-c3cc(N(C)Cc4ccccc4)ccc32)cc1. The average molecular weight is 524 g/mol. The second-order valence-electron chi connectivity index (χ2n) is 11.1. The number of hydrogen-bond acceptors (Lipinski definition) is 3. The molecule has 0 atom stereocenters. The van der Waals surface area contributed by atoms with E-state index in [9.17, 15) is 0 Å². The van der Waals surface area contributed by atoms with Crippen molar-refractivity contribution in [2.45, 2.75) is 19.0 Å². The van der Waals surface area contributed by atoms with Gasteiger partial charge >= 0.3 is 0 Å².